The SMILES string of the molecule is CCn1c2ccccc2c2cc([C@H]3N(C)C(=O)c4ccccc4N3CC(=O)NC)ccc21. The summed E-state index contributed by atoms with van der Waals surface area (Å²) in [5, 5.41) is 5.06. The number of hydrogen-bond acceptors (Lipinski definition) is 3. The van der Waals surface area contributed by atoms with Gasteiger partial charge < -0.3 is 19.7 Å². The van der Waals surface area contributed by atoms with Gasteiger partial charge in [0.15, 0.2) is 0 Å². The number of para-hydroxylation sites is 2. The maximum Gasteiger partial charge on any atom is 0.257 e. The molecule has 0 saturated heterocycles. The van der Waals surface area contributed by atoms with E-state index in [9.17, 15) is 9.59 Å². The van der Waals surface area contributed by atoms with Crippen LogP contribution in [-0.4, -0.2) is 41.9 Å². The summed E-state index contributed by atoms with van der Waals surface area (Å²) in [6.07, 6.45) is -0.386. The van der Waals surface area contributed by atoms with Crippen LogP contribution in [0.2, 0.25) is 0 Å². The summed E-state index contributed by atoms with van der Waals surface area (Å²) in [6, 6.07) is 22.3. The number of carbonyl (C=O) groups excluding carboxylic acids is 2. The summed E-state index contributed by atoms with van der Waals surface area (Å²) in [7, 11) is 3.44. The Morgan fingerprint density at radius 3 is 2.47 bits per heavy atom. The van der Waals surface area contributed by atoms with Gasteiger partial charge in [-0.3, -0.25) is 9.59 Å². The van der Waals surface area contributed by atoms with Gasteiger partial charge in [-0.1, -0.05) is 36.4 Å². The molecule has 2 heterocycles. The Kier molecular flexibility index (Phi) is 4.85. The maximum atomic E-state index is 13.2. The van der Waals surface area contributed by atoms with Crippen LogP contribution in [0.3, 0.4) is 0 Å². The first-order chi connectivity index (χ1) is 15.5. The fraction of sp³-hybridized carbons (Fsp3) is 0.231. The average Bonchev–Trinajstić information content (AvgIpc) is 3.15. The second-order valence-electron chi connectivity index (χ2n) is 8.15. The van der Waals surface area contributed by atoms with E-state index >= 15 is 0 Å². The predicted octanol–water partition coefficient (Wildman–Crippen LogP) is 4.15. The molecule has 4 aromatic rings. The van der Waals surface area contributed by atoms with Gasteiger partial charge in [-0.05, 0) is 42.8 Å². The van der Waals surface area contributed by atoms with Crippen LogP contribution < -0.4 is 10.2 Å². The molecular formula is C26H26N4O2. The standard InChI is InChI=1S/C26H26N4O2/c1-4-29-21-11-7-5-9-18(21)20-15-17(13-14-23(20)29)25-28(3)26(32)19-10-6-8-12-22(19)30(25)16-24(31)27-2/h5-15,25H,4,16H2,1-3H3,(H,27,31)/t25-/m0/s1. The molecular weight excluding hydrogens is 400 g/mol. The van der Waals surface area contributed by atoms with Crippen molar-refractivity contribution in [1.29, 1.82) is 0 Å². The molecule has 0 radical (unpaired) electrons. The first-order valence-electron chi connectivity index (χ1n) is 10.9. The number of anilines is 1. The third kappa shape index (κ3) is 2.94. The van der Waals surface area contributed by atoms with Crippen LogP contribution in [0.1, 0.15) is 29.0 Å². The smallest absolute Gasteiger partial charge is 0.257 e. The fourth-order valence-corrected chi connectivity index (χ4v) is 4.93. The molecule has 0 aliphatic carbocycles. The van der Waals surface area contributed by atoms with E-state index in [1.165, 1.54) is 16.4 Å². The summed E-state index contributed by atoms with van der Waals surface area (Å²) in [5.74, 6) is -0.147. The van der Waals surface area contributed by atoms with E-state index in [2.05, 4.69) is 59.3 Å². The minimum absolute atomic E-state index is 0.0464. The van der Waals surface area contributed by atoms with Gasteiger partial charge in [-0.15, -0.1) is 0 Å². The van der Waals surface area contributed by atoms with Crippen LogP contribution in [0.4, 0.5) is 5.69 Å². The summed E-state index contributed by atoms with van der Waals surface area (Å²) in [6.45, 7) is 3.18. The van der Waals surface area contributed by atoms with Crippen molar-refractivity contribution in [3.63, 3.8) is 0 Å². The highest BCUT2D eigenvalue weighted by Gasteiger charge is 2.37. The van der Waals surface area contributed by atoms with Gasteiger partial charge in [0.05, 0.1) is 17.8 Å². The molecule has 6 heteroatoms. The lowest BCUT2D eigenvalue weighted by Crippen LogP contribution is -2.50. The third-order valence-corrected chi connectivity index (χ3v) is 6.43. The Balaban J connectivity index is 1.72. The molecule has 32 heavy (non-hydrogen) atoms. The summed E-state index contributed by atoms with van der Waals surface area (Å²) >= 11 is 0. The van der Waals surface area contributed by atoms with Crippen molar-refractivity contribution in [1.82, 2.24) is 14.8 Å². The number of carbonyl (C=O) groups is 2. The van der Waals surface area contributed by atoms with Crippen molar-refractivity contribution < 1.29 is 9.59 Å². The molecule has 0 unspecified atom stereocenters. The molecule has 0 fully saturated rings. The average molecular weight is 427 g/mol. The van der Waals surface area contributed by atoms with Crippen LogP contribution in [0.15, 0.2) is 66.7 Å². The third-order valence-electron chi connectivity index (χ3n) is 6.43. The van der Waals surface area contributed by atoms with Crippen molar-refractivity contribution >= 4 is 39.3 Å². The van der Waals surface area contributed by atoms with E-state index in [1.54, 1.807) is 19.0 Å². The number of hydrogen-bond donors (Lipinski definition) is 1. The zero-order valence-corrected chi connectivity index (χ0v) is 18.5. The quantitative estimate of drug-likeness (QED) is 0.533. The van der Waals surface area contributed by atoms with Crippen LogP contribution in [0.5, 0.6) is 0 Å². The number of amides is 2. The number of rotatable bonds is 4. The van der Waals surface area contributed by atoms with Crippen LogP contribution >= 0.6 is 0 Å². The number of aryl methyl sites for hydroxylation is 1. The van der Waals surface area contributed by atoms with Gasteiger partial charge in [0.1, 0.15) is 6.17 Å². The normalized spacial score (nSPS) is 16.0. The Labute approximate surface area is 187 Å². The predicted molar refractivity (Wildman–Crippen MR) is 128 cm³/mol. The van der Waals surface area contributed by atoms with Gasteiger partial charge in [-0.25, -0.2) is 0 Å². The number of likely N-dealkylation sites (N-methyl/N-ethyl adjacent to an activating group) is 1. The van der Waals surface area contributed by atoms with E-state index in [0.717, 1.165) is 23.2 Å². The second-order valence-corrected chi connectivity index (χ2v) is 8.15. The minimum atomic E-state index is -0.386. The van der Waals surface area contributed by atoms with E-state index in [1.807, 2.05) is 29.2 Å². The molecule has 1 aliphatic heterocycles. The van der Waals surface area contributed by atoms with Crippen LogP contribution in [-0.2, 0) is 11.3 Å². The molecule has 0 bridgehead atoms. The Morgan fingerprint density at radius 1 is 0.969 bits per heavy atom. The number of nitrogens with one attached hydrogen (secondary N) is 1. The topological polar surface area (TPSA) is 57.6 Å². The molecule has 162 valence electrons. The van der Waals surface area contributed by atoms with Gasteiger partial charge in [-0.2, -0.15) is 0 Å². The van der Waals surface area contributed by atoms with Crippen molar-refractivity contribution in [3.05, 3.63) is 77.9 Å². The van der Waals surface area contributed by atoms with Crippen molar-refractivity contribution in [2.24, 2.45) is 0 Å². The monoisotopic (exact) mass is 426 g/mol. The molecule has 1 aromatic heterocycles. The molecule has 2 amide bonds. The molecule has 0 spiro atoms. The molecule has 3 aromatic carbocycles. The van der Waals surface area contributed by atoms with Gasteiger partial charge >= 0.3 is 0 Å². The molecule has 5 rings (SSSR count). The van der Waals surface area contributed by atoms with Crippen LogP contribution in [0.25, 0.3) is 21.8 Å². The zero-order chi connectivity index (χ0) is 22.4. The minimum Gasteiger partial charge on any atom is -0.358 e. The van der Waals surface area contributed by atoms with E-state index in [-0.39, 0.29) is 24.5 Å². The first-order valence-corrected chi connectivity index (χ1v) is 10.9. The molecule has 1 aliphatic rings. The summed E-state index contributed by atoms with van der Waals surface area (Å²) in [4.78, 5) is 29.4. The van der Waals surface area contributed by atoms with Crippen molar-refractivity contribution in [2.45, 2.75) is 19.6 Å². The highest BCUT2D eigenvalue weighted by molar-refractivity contribution is 6.08. The molecule has 1 N–H and O–H groups in total. The van der Waals surface area contributed by atoms with Crippen molar-refractivity contribution in [3.8, 4) is 0 Å². The number of benzene rings is 3. The number of nitrogens with zero attached hydrogens (tertiary/aromatic N) is 3. The zero-order valence-electron chi connectivity index (χ0n) is 18.5. The number of fused-ring (bicyclic) bond motifs is 4. The number of aromatic nitrogens is 1. The lowest BCUT2D eigenvalue weighted by Gasteiger charge is -2.44. The lowest BCUT2D eigenvalue weighted by molar-refractivity contribution is -0.119. The van der Waals surface area contributed by atoms with Gasteiger partial charge in [0, 0.05) is 42.4 Å². The highest BCUT2D eigenvalue weighted by atomic mass is 16.2. The Bertz CT molecular complexity index is 1360. The highest BCUT2D eigenvalue weighted by Crippen LogP contribution is 2.39. The van der Waals surface area contributed by atoms with E-state index < -0.39 is 0 Å². The molecule has 6 nitrogen and oxygen atoms in total. The van der Waals surface area contributed by atoms with Gasteiger partial charge in [0.25, 0.3) is 5.91 Å². The van der Waals surface area contributed by atoms with Crippen LogP contribution in [0, 0.1) is 0 Å². The van der Waals surface area contributed by atoms with E-state index in [0.29, 0.717) is 5.56 Å². The van der Waals surface area contributed by atoms with Crippen molar-refractivity contribution in [2.75, 3.05) is 25.5 Å². The second kappa shape index (κ2) is 7.71. The Hall–Kier alpha value is -3.80. The Morgan fingerprint density at radius 2 is 1.69 bits per heavy atom. The maximum absolute atomic E-state index is 13.2. The summed E-state index contributed by atoms with van der Waals surface area (Å²) < 4.78 is 2.31. The van der Waals surface area contributed by atoms with E-state index in [4.69, 9.17) is 0 Å². The fourth-order valence-electron chi connectivity index (χ4n) is 4.93. The lowest BCUT2D eigenvalue weighted by atomic mass is 10.00. The molecule has 0 saturated carbocycles. The molecule has 1 atom stereocenters. The largest absolute Gasteiger partial charge is 0.358 e. The first kappa shape index (κ1) is 20.1. The van der Waals surface area contributed by atoms with Gasteiger partial charge in [0.2, 0.25) is 5.91 Å². The summed E-state index contributed by atoms with van der Waals surface area (Å²) in [5.41, 5.74) is 4.73.